The van der Waals surface area contributed by atoms with Gasteiger partial charge in [-0.2, -0.15) is 5.26 Å². The van der Waals surface area contributed by atoms with Crippen LogP contribution in [0.15, 0.2) is 334 Å². The van der Waals surface area contributed by atoms with Gasteiger partial charge in [-0.25, -0.2) is 69.8 Å². The first-order valence-electron chi connectivity index (χ1n) is 37.3. The zero-order valence-corrected chi connectivity index (χ0v) is 61.4. The van der Waals surface area contributed by atoms with Crippen molar-refractivity contribution in [3.8, 4) is 165 Å². The normalized spacial score (nSPS) is 11.4. The Morgan fingerprint density at radius 1 is 0.202 bits per heavy atom. The van der Waals surface area contributed by atoms with E-state index in [9.17, 15) is 5.26 Å². The summed E-state index contributed by atoms with van der Waals surface area (Å²) >= 11 is 0. The molecule has 0 spiro atoms. The fraction of sp³-hybridized carbons (Fsp3) is 0.0206. The molecule has 0 radical (unpaired) electrons. The molecule has 534 valence electrons. The minimum Gasteiger partial charge on any atom is -0.307 e. The Morgan fingerprint density at radius 3 is 0.614 bits per heavy atom. The van der Waals surface area contributed by atoms with E-state index in [1.807, 2.05) is 269 Å². The lowest BCUT2D eigenvalue weighted by Gasteiger charge is -2.20. The fourth-order valence-corrected chi connectivity index (χ4v) is 14.9. The van der Waals surface area contributed by atoms with Crippen molar-refractivity contribution >= 4 is 43.6 Å². The predicted molar refractivity (Wildman–Crippen MR) is 449 cm³/mol. The molecule has 0 saturated heterocycles. The van der Waals surface area contributed by atoms with Crippen LogP contribution >= 0.6 is 0 Å². The number of aryl methyl sites for hydroxylation is 2. The Kier molecular flexibility index (Phi) is 16.9. The number of hydrogen-bond donors (Lipinski definition) is 0. The first-order valence-corrected chi connectivity index (χ1v) is 37.3. The van der Waals surface area contributed by atoms with Gasteiger partial charge in [0.05, 0.1) is 45.1 Å². The number of fused-ring (bicyclic) bond motifs is 6. The molecule has 7 aromatic heterocycles. The summed E-state index contributed by atoms with van der Waals surface area (Å²) in [6, 6.07) is 114. The molecule has 0 N–H and O–H groups in total. The van der Waals surface area contributed by atoms with E-state index in [0.29, 0.717) is 120 Å². The van der Waals surface area contributed by atoms with Gasteiger partial charge in [0.2, 0.25) is 0 Å². The Bertz CT molecular complexity index is 6550. The highest BCUT2D eigenvalue weighted by atomic mass is 15.1. The molecule has 0 aliphatic carbocycles. The van der Waals surface area contributed by atoms with E-state index < -0.39 is 0 Å². The summed E-state index contributed by atoms with van der Waals surface area (Å²) in [5, 5.41) is 15.6. The van der Waals surface area contributed by atoms with Gasteiger partial charge in [0.25, 0.3) is 0 Å². The van der Waals surface area contributed by atoms with Gasteiger partial charge in [-0.3, -0.25) is 0 Å². The molecule has 20 rings (SSSR count). The first-order chi connectivity index (χ1) is 56.2. The minimum atomic E-state index is 0.317. The molecular formula is C97H61N17. The highest BCUT2D eigenvalue weighted by Gasteiger charge is 2.28. The van der Waals surface area contributed by atoms with Crippen molar-refractivity contribution in [1.29, 1.82) is 5.26 Å². The van der Waals surface area contributed by atoms with Crippen LogP contribution in [0.1, 0.15) is 17.0 Å². The van der Waals surface area contributed by atoms with Crippen molar-refractivity contribution in [1.82, 2.24) is 78.9 Å². The lowest BCUT2D eigenvalue weighted by atomic mass is 10.0. The predicted octanol–water partition coefficient (Wildman–Crippen LogP) is 21.6. The van der Waals surface area contributed by atoms with Crippen molar-refractivity contribution in [3.05, 3.63) is 351 Å². The average molecular weight is 1460 g/mol. The number of benzene rings is 13. The molecule has 0 unspecified atom stereocenters. The summed E-state index contributed by atoms with van der Waals surface area (Å²) in [7, 11) is 0. The highest BCUT2D eigenvalue weighted by Crippen LogP contribution is 2.45. The standard InChI is InChI=1S/C97H61N17/c1-59-51-60(2)100-97(99-59)78-57-84(114-81-54-71(95-109-89(65-35-19-7-20-36-65)103-90(110-95)66-37-21-8-22-38-66)45-49-76(81)77-50-46-72(55-82(77)114)96-111-91(67-39-23-9-24-40-67)104-92(112-96)68-41-25-10-26-42-68)83(56-73(78)58-98)113-79-52-69(93-105-85(61-27-11-3-12-28-61)101-86(106-93)62-29-13-4-14-30-62)43-47-74(79)75-48-44-70(53-80(75)113)94-107-87(63-31-15-5-16-32-63)102-88(108-94)64-33-17-6-18-34-64/h3-57H,1-2H3. The van der Waals surface area contributed by atoms with E-state index in [-0.39, 0.29) is 0 Å². The first kappa shape index (κ1) is 67.4. The molecule has 17 nitrogen and oxygen atoms in total. The second kappa shape index (κ2) is 28.6. The number of rotatable bonds is 15. The Labute approximate surface area is 653 Å². The van der Waals surface area contributed by atoms with Gasteiger partial charge in [-0.05, 0) is 56.3 Å². The van der Waals surface area contributed by atoms with E-state index in [0.717, 1.165) is 99.5 Å². The third-order valence-corrected chi connectivity index (χ3v) is 20.3. The third-order valence-electron chi connectivity index (χ3n) is 20.3. The lowest BCUT2D eigenvalue weighted by molar-refractivity contribution is 1.05. The van der Waals surface area contributed by atoms with Crippen LogP contribution in [0.2, 0.25) is 0 Å². The summed E-state index contributed by atoms with van der Waals surface area (Å²) in [6.45, 7) is 3.89. The number of aromatic nitrogens is 16. The van der Waals surface area contributed by atoms with Crippen molar-refractivity contribution in [2.75, 3.05) is 0 Å². The molecule has 0 aliphatic rings. The number of nitrogens with zero attached hydrogens (tertiary/aromatic N) is 17. The fourth-order valence-electron chi connectivity index (χ4n) is 14.9. The van der Waals surface area contributed by atoms with E-state index in [1.54, 1.807) is 0 Å². The lowest BCUT2D eigenvalue weighted by Crippen LogP contribution is -2.07. The largest absolute Gasteiger partial charge is 0.307 e. The Balaban J connectivity index is 0.917. The van der Waals surface area contributed by atoms with Crippen molar-refractivity contribution in [3.63, 3.8) is 0 Å². The summed E-state index contributed by atoms with van der Waals surface area (Å²) in [5.74, 6) is 6.28. The molecule has 7 heterocycles. The smallest absolute Gasteiger partial charge is 0.164 e. The number of nitriles is 1. The maximum absolute atomic E-state index is 12.0. The second-order valence-electron chi connectivity index (χ2n) is 27.7. The minimum absolute atomic E-state index is 0.317. The van der Waals surface area contributed by atoms with Crippen LogP contribution in [0.5, 0.6) is 0 Å². The van der Waals surface area contributed by atoms with Crippen LogP contribution < -0.4 is 0 Å². The molecule has 114 heavy (non-hydrogen) atoms. The average Bonchev–Trinajstić information content (AvgIpc) is 1.55. The summed E-state index contributed by atoms with van der Waals surface area (Å²) in [4.78, 5) is 73.3. The van der Waals surface area contributed by atoms with Crippen LogP contribution in [-0.2, 0) is 0 Å². The van der Waals surface area contributed by atoms with Crippen LogP contribution in [0.25, 0.3) is 203 Å². The molecule has 20 aromatic rings. The van der Waals surface area contributed by atoms with Gasteiger partial charge >= 0.3 is 0 Å². The van der Waals surface area contributed by atoms with E-state index in [1.165, 1.54) is 0 Å². The van der Waals surface area contributed by atoms with Gasteiger partial charge in [0, 0.05) is 105 Å². The van der Waals surface area contributed by atoms with Crippen LogP contribution in [-0.4, -0.2) is 78.9 Å². The molecular weight excluding hydrogens is 1400 g/mol. The molecule has 0 aliphatic heterocycles. The second-order valence-corrected chi connectivity index (χ2v) is 27.7. The summed E-state index contributed by atoms with van der Waals surface area (Å²) < 4.78 is 4.52. The SMILES string of the molecule is Cc1cc(C)nc(-c2cc(-n3c4cc(-c5nc(-c6ccccc6)nc(-c6ccccc6)n5)ccc4c4ccc(-c5nc(-c6ccccc6)nc(-c6ccccc6)n5)cc43)c(-n3c4cc(-c5nc(-c6ccccc6)nc(-c6ccccc6)n5)ccc4c4ccc(-c5nc(-c6ccccc6)nc(-c6ccccc6)n5)cc43)cc2C#N)n1. The van der Waals surface area contributed by atoms with Gasteiger partial charge in [-0.1, -0.05) is 291 Å². The summed E-state index contributed by atoms with van der Waals surface area (Å²) in [5.41, 5.74) is 16.1. The van der Waals surface area contributed by atoms with Crippen molar-refractivity contribution < 1.29 is 0 Å². The van der Waals surface area contributed by atoms with E-state index >= 15 is 0 Å². The van der Waals surface area contributed by atoms with Gasteiger partial charge in [0.15, 0.2) is 75.7 Å². The Hall–Kier alpha value is -15.9. The van der Waals surface area contributed by atoms with Gasteiger partial charge < -0.3 is 9.13 Å². The molecule has 0 fully saturated rings. The molecule has 0 bridgehead atoms. The van der Waals surface area contributed by atoms with Crippen LogP contribution in [0, 0.1) is 25.2 Å². The quantitative estimate of drug-likeness (QED) is 0.0933. The number of hydrogen-bond acceptors (Lipinski definition) is 15. The van der Waals surface area contributed by atoms with Gasteiger partial charge in [-0.15, -0.1) is 0 Å². The monoisotopic (exact) mass is 1460 g/mol. The third kappa shape index (κ3) is 12.6. The molecule has 13 aromatic carbocycles. The zero-order valence-electron chi connectivity index (χ0n) is 61.4. The van der Waals surface area contributed by atoms with Crippen LogP contribution in [0.4, 0.5) is 0 Å². The van der Waals surface area contributed by atoms with Crippen molar-refractivity contribution in [2.24, 2.45) is 0 Å². The molecule has 0 saturated carbocycles. The molecule has 17 heteroatoms. The van der Waals surface area contributed by atoms with Crippen molar-refractivity contribution in [2.45, 2.75) is 13.8 Å². The molecule has 0 atom stereocenters. The topological polar surface area (TPSA) is 214 Å². The van der Waals surface area contributed by atoms with E-state index in [4.69, 9.17) is 69.8 Å². The van der Waals surface area contributed by atoms with E-state index in [2.05, 4.69) is 94.1 Å². The molecule has 0 amide bonds. The highest BCUT2D eigenvalue weighted by molar-refractivity contribution is 6.14. The van der Waals surface area contributed by atoms with Crippen LogP contribution in [0.3, 0.4) is 0 Å². The summed E-state index contributed by atoms with van der Waals surface area (Å²) in [6.07, 6.45) is 0. The maximum atomic E-state index is 12.0. The Morgan fingerprint density at radius 2 is 0.404 bits per heavy atom. The maximum Gasteiger partial charge on any atom is 0.164 e. The van der Waals surface area contributed by atoms with Gasteiger partial charge in [0.1, 0.15) is 0 Å². The zero-order chi connectivity index (χ0) is 76.2.